The molecule has 1 fully saturated rings. The average molecular weight is 243 g/mol. The van der Waals surface area contributed by atoms with Crippen molar-refractivity contribution in [3.63, 3.8) is 0 Å². The molecule has 0 aromatic heterocycles. The smallest absolute Gasteiger partial charge is 0.218 e. The van der Waals surface area contributed by atoms with Crippen molar-refractivity contribution < 1.29 is 38.1 Å². The second-order valence-electron chi connectivity index (χ2n) is 3.09. The predicted octanol–water partition coefficient (Wildman–Crippen LogP) is -3.40. The summed E-state index contributed by atoms with van der Waals surface area (Å²) in [6.07, 6.45) is -4.84. The van der Waals surface area contributed by atoms with Crippen molar-refractivity contribution >= 4 is 11.4 Å². The second kappa shape index (κ2) is 4.80. The van der Waals surface area contributed by atoms with E-state index in [1.54, 1.807) is 0 Å². The van der Waals surface area contributed by atoms with Gasteiger partial charge in [0.1, 0.15) is 18.3 Å². The lowest BCUT2D eigenvalue weighted by Crippen LogP contribution is -2.63. The molecule has 0 aromatic rings. The Bertz CT molecular complexity index is 247. The van der Waals surface area contributed by atoms with Gasteiger partial charge in [-0.3, -0.25) is 4.18 Å². The monoisotopic (exact) mass is 243 g/mol. The molecule has 8 nitrogen and oxygen atoms in total. The minimum Gasteiger partial charge on any atom is -0.750 e. The Labute approximate surface area is 87.5 Å². The average Bonchev–Trinajstić information content (AvgIpc) is 2.19. The molecule has 0 radical (unpaired) electrons. The van der Waals surface area contributed by atoms with Crippen molar-refractivity contribution in [2.45, 2.75) is 24.1 Å². The normalized spacial score (nSPS) is 43.9. The van der Waals surface area contributed by atoms with Gasteiger partial charge in [0.25, 0.3) is 0 Å². The first kappa shape index (κ1) is 12.9. The summed E-state index contributed by atoms with van der Waals surface area (Å²) in [6.45, 7) is -1.40. The molecule has 1 aliphatic heterocycles. The first-order chi connectivity index (χ1) is 6.90. The van der Waals surface area contributed by atoms with Gasteiger partial charge in [-0.05, 0) is 0 Å². The molecular formula is C6H11O8S-. The van der Waals surface area contributed by atoms with E-state index in [1.807, 2.05) is 0 Å². The predicted molar refractivity (Wildman–Crippen MR) is 43.8 cm³/mol. The first-order valence-corrected chi connectivity index (χ1v) is 5.00. The zero-order valence-corrected chi connectivity index (χ0v) is 8.29. The molecule has 4 N–H and O–H groups in total. The van der Waals surface area contributed by atoms with Crippen LogP contribution in [-0.4, -0.2) is 66.5 Å². The Morgan fingerprint density at radius 2 is 2.20 bits per heavy atom. The van der Waals surface area contributed by atoms with E-state index in [0.29, 0.717) is 0 Å². The lowest BCUT2D eigenvalue weighted by atomic mass is 9.98. The number of hydrogen-bond acceptors (Lipinski definition) is 8. The van der Waals surface area contributed by atoms with Crippen molar-refractivity contribution in [1.29, 1.82) is 0 Å². The minimum absolute atomic E-state index is 0.469. The number of aliphatic hydroxyl groups excluding tert-OH is 3. The van der Waals surface area contributed by atoms with Gasteiger partial charge in [0, 0.05) is 0 Å². The summed E-state index contributed by atoms with van der Waals surface area (Å²) in [7, 11) is 0. The van der Waals surface area contributed by atoms with Crippen LogP contribution in [0.4, 0.5) is 0 Å². The van der Waals surface area contributed by atoms with Gasteiger partial charge in [-0.1, -0.05) is 0 Å². The fourth-order valence-electron chi connectivity index (χ4n) is 1.21. The molecule has 0 amide bonds. The molecule has 1 aliphatic rings. The summed E-state index contributed by atoms with van der Waals surface area (Å²) >= 11 is -2.87. The van der Waals surface area contributed by atoms with Crippen LogP contribution in [0.25, 0.3) is 0 Å². The molecule has 9 heteroatoms. The zero-order chi connectivity index (χ0) is 11.6. The Balaban J connectivity index is 2.68. The van der Waals surface area contributed by atoms with E-state index in [-0.39, 0.29) is 0 Å². The van der Waals surface area contributed by atoms with Crippen LogP contribution in [0.2, 0.25) is 0 Å². The third kappa shape index (κ3) is 2.71. The fraction of sp³-hybridized carbons (Fsp3) is 1.00. The van der Waals surface area contributed by atoms with Gasteiger partial charge in [0.05, 0.1) is 24.6 Å². The molecule has 5 atom stereocenters. The SMILES string of the molecule is O=S([O-])O[C@@H]1CO[C@](O)(CO)[C@@H](O)[C@@H]1O. The summed E-state index contributed by atoms with van der Waals surface area (Å²) in [5.74, 6) is -2.30. The molecule has 0 saturated carbocycles. The van der Waals surface area contributed by atoms with E-state index >= 15 is 0 Å². The van der Waals surface area contributed by atoms with Gasteiger partial charge in [-0.15, -0.1) is 0 Å². The van der Waals surface area contributed by atoms with Crippen molar-refractivity contribution in [2.24, 2.45) is 0 Å². The third-order valence-electron chi connectivity index (χ3n) is 2.09. The van der Waals surface area contributed by atoms with Crippen LogP contribution in [-0.2, 0) is 20.3 Å². The van der Waals surface area contributed by atoms with Crippen LogP contribution in [0.5, 0.6) is 0 Å². The highest BCUT2D eigenvalue weighted by molar-refractivity contribution is 7.74. The highest BCUT2D eigenvalue weighted by Gasteiger charge is 2.49. The zero-order valence-electron chi connectivity index (χ0n) is 7.48. The Kier molecular flexibility index (Phi) is 4.14. The van der Waals surface area contributed by atoms with Crippen LogP contribution >= 0.6 is 0 Å². The van der Waals surface area contributed by atoms with Gasteiger partial charge in [-0.2, -0.15) is 0 Å². The molecular weight excluding hydrogens is 232 g/mol. The van der Waals surface area contributed by atoms with Crippen LogP contribution in [0, 0.1) is 0 Å². The van der Waals surface area contributed by atoms with Gasteiger partial charge in [0.15, 0.2) is 0 Å². The Morgan fingerprint density at radius 3 is 2.67 bits per heavy atom. The quantitative estimate of drug-likeness (QED) is 0.376. The number of aliphatic hydroxyl groups is 4. The van der Waals surface area contributed by atoms with Crippen LogP contribution in [0.1, 0.15) is 0 Å². The summed E-state index contributed by atoms with van der Waals surface area (Å²) in [6, 6.07) is 0. The standard InChI is InChI=1S/C6H12O8S/c7-2-6(10)5(9)4(8)3(1-13-6)14-15(11)12/h3-5,7-10H,1-2H2,(H,11,12)/p-1/t3-,4-,5+,6-/m1/s1. The van der Waals surface area contributed by atoms with Gasteiger partial charge >= 0.3 is 0 Å². The van der Waals surface area contributed by atoms with Crippen LogP contribution in [0.15, 0.2) is 0 Å². The summed E-state index contributed by atoms with van der Waals surface area (Å²) in [4.78, 5) is 0. The van der Waals surface area contributed by atoms with Gasteiger partial charge in [-0.25, -0.2) is 4.21 Å². The third-order valence-corrected chi connectivity index (χ3v) is 2.50. The molecule has 1 unspecified atom stereocenters. The fourth-order valence-corrected chi connectivity index (χ4v) is 1.58. The maximum atomic E-state index is 10.2. The highest BCUT2D eigenvalue weighted by Crippen LogP contribution is 2.25. The minimum atomic E-state index is -2.87. The van der Waals surface area contributed by atoms with E-state index in [0.717, 1.165) is 0 Å². The molecule has 0 bridgehead atoms. The molecule has 1 saturated heterocycles. The van der Waals surface area contributed by atoms with E-state index in [2.05, 4.69) is 8.92 Å². The second-order valence-corrected chi connectivity index (χ2v) is 3.69. The molecule has 1 rings (SSSR count). The largest absolute Gasteiger partial charge is 0.750 e. The number of ether oxygens (including phenoxy) is 1. The summed E-state index contributed by atoms with van der Waals surface area (Å²) in [5, 5.41) is 36.7. The Hall–Kier alpha value is -0.130. The molecule has 90 valence electrons. The first-order valence-electron chi connectivity index (χ1n) is 4.00. The van der Waals surface area contributed by atoms with E-state index in [9.17, 15) is 24.1 Å². The summed E-state index contributed by atoms with van der Waals surface area (Å²) in [5.41, 5.74) is 0. The van der Waals surface area contributed by atoms with Crippen LogP contribution < -0.4 is 0 Å². The van der Waals surface area contributed by atoms with Gasteiger partial charge in [0.2, 0.25) is 5.79 Å². The lowest BCUT2D eigenvalue weighted by molar-refractivity contribution is -0.328. The van der Waals surface area contributed by atoms with Crippen molar-refractivity contribution in [2.75, 3.05) is 13.2 Å². The van der Waals surface area contributed by atoms with Crippen molar-refractivity contribution in [3.05, 3.63) is 0 Å². The molecule has 0 aliphatic carbocycles. The number of rotatable bonds is 3. The van der Waals surface area contributed by atoms with Gasteiger partial charge < -0.3 is 29.7 Å². The molecule has 1 heterocycles. The van der Waals surface area contributed by atoms with E-state index < -0.39 is 48.7 Å². The molecule has 0 spiro atoms. The van der Waals surface area contributed by atoms with E-state index in [1.165, 1.54) is 0 Å². The van der Waals surface area contributed by atoms with Crippen molar-refractivity contribution in [1.82, 2.24) is 0 Å². The van der Waals surface area contributed by atoms with Crippen molar-refractivity contribution in [3.8, 4) is 0 Å². The van der Waals surface area contributed by atoms with Crippen LogP contribution in [0.3, 0.4) is 0 Å². The summed E-state index contributed by atoms with van der Waals surface area (Å²) < 4.78 is 29.1. The Morgan fingerprint density at radius 1 is 1.60 bits per heavy atom. The topological polar surface area (TPSA) is 140 Å². The van der Waals surface area contributed by atoms with E-state index in [4.69, 9.17) is 5.11 Å². The maximum absolute atomic E-state index is 10.2. The number of hydrogen-bond donors (Lipinski definition) is 4. The highest BCUT2D eigenvalue weighted by atomic mass is 32.2. The molecule has 0 aromatic carbocycles. The molecule has 15 heavy (non-hydrogen) atoms. The lowest BCUT2D eigenvalue weighted by Gasteiger charge is -2.41. The maximum Gasteiger partial charge on any atom is 0.218 e.